The molecular formula is C13H16ClNO2. The summed E-state index contributed by atoms with van der Waals surface area (Å²) >= 11 is 5.80. The maximum absolute atomic E-state index is 11.8. The van der Waals surface area contributed by atoms with Gasteiger partial charge in [0.15, 0.2) is 0 Å². The fourth-order valence-electron chi connectivity index (χ4n) is 2.22. The van der Waals surface area contributed by atoms with Crippen molar-refractivity contribution in [1.82, 2.24) is 4.90 Å². The van der Waals surface area contributed by atoms with Gasteiger partial charge in [0.05, 0.1) is 6.04 Å². The Morgan fingerprint density at radius 2 is 2.12 bits per heavy atom. The van der Waals surface area contributed by atoms with Gasteiger partial charge in [-0.15, -0.1) is 11.6 Å². The molecule has 1 saturated heterocycles. The van der Waals surface area contributed by atoms with Crippen LogP contribution in [0.15, 0.2) is 24.3 Å². The van der Waals surface area contributed by atoms with Crippen molar-refractivity contribution in [1.29, 1.82) is 0 Å². The first kappa shape index (κ1) is 12.2. The molecular weight excluding hydrogens is 238 g/mol. The Bertz CT molecular complexity index is 404. The number of hydrogen-bond donors (Lipinski definition) is 1. The molecule has 1 heterocycles. The molecule has 1 fully saturated rings. The van der Waals surface area contributed by atoms with Gasteiger partial charge in [-0.25, -0.2) is 0 Å². The summed E-state index contributed by atoms with van der Waals surface area (Å²) in [6, 6.07) is 7.02. The highest BCUT2D eigenvalue weighted by molar-refractivity contribution is 6.18. The molecule has 0 spiro atoms. The predicted molar refractivity (Wildman–Crippen MR) is 67.1 cm³/mol. The summed E-state index contributed by atoms with van der Waals surface area (Å²) < 4.78 is 0. The molecule has 0 saturated carbocycles. The van der Waals surface area contributed by atoms with E-state index in [1.165, 1.54) is 0 Å². The van der Waals surface area contributed by atoms with E-state index in [9.17, 15) is 9.90 Å². The van der Waals surface area contributed by atoms with Crippen molar-refractivity contribution in [2.75, 3.05) is 12.4 Å². The summed E-state index contributed by atoms with van der Waals surface area (Å²) in [5.41, 5.74) is 1.03. The first-order valence-corrected chi connectivity index (χ1v) is 6.29. The van der Waals surface area contributed by atoms with Crippen molar-refractivity contribution < 1.29 is 9.90 Å². The van der Waals surface area contributed by atoms with Crippen LogP contribution in [0.4, 0.5) is 0 Å². The minimum atomic E-state index is 0.0383. The third kappa shape index (κ3) is 2.55. The van der Waals surface area contributed by atoms with Crippen LogP contribution >= 0.6 is 11.6 Å². The van der Waals surface area contributed by atoms with E-state index in [-0.39, 0.29) is 23.6 Å². The van der Waals surface area contributed by atoms with Crippen molar-refractivity contribution in [3.63, 3.8) is 0 Å². The summed E-state index contributed by atoms with van der Waals surface area (Å²) in [7, 11) is 0. The predicted octanol–water partition coefficient (Wildman–Crippen LogP) is 2.54. The van der Waals surface area contributed by atoms with Crippen LogP contribution in [0.1, 0.15) is 24.9 Å². The molecule has 4 heteroatoms. The van der Waals surface area contributed by atoms with Gasteiger partial charge in [-0.3, -0.25) is 4.79 Å². The Morgan fingerprint density at radius 1 is 1.47 bits per heavy atom. The SMILES string of the molecule is CC(c1ccc(O)cc1)N1CC(CCl)CC1=O. The second-order valence-corrected chi connectivity index (χ2v) is 4.85. The number of halogens is 1. The van der Waals surface area contributed by atoms with Gasteiger partial charge < -0.3 is 10.0 Å². The molecule has 92 valence electrons. The number of rotatable bonds is 3. The van der Waals surface area contributed by atoms with E-state index in [2.05, 4.69) is 0 Å². The van der Waals surface area contributed by atoms with Crippen LogP contribution in [-0.4, -0.2) is 28.3 Å². The number of alkyl halides is 1. The van der Waals surface area contributed by atoms with E-state index in [4.69, 9.17) is 11.6 Å². The standard InChI is InChI=1S/C13H16ClNO2/c1-9(11-2-4-12(16)5-3-11)15-8-10(7-14)6-13(15)17/h2-5,9-10,16H,6-8H2,1H3. The molecule has 0 radical (unpaired) electrons. The summed E-state index contributed by atoms with van der Waals surface area (Å²) in [5, 5.41) is 9.24. The van der Waals surface area contributed by atoms with Crippen LogP contribution in [-0.2, 0) is 4.79 Å². The highest BCUT2D eigenvalue weighted by atomic mass is 35.5. The summed E-state index contributed by atoms with van der Waals surface area (Å²) in [6.07, 6.45) is 0.548. The molecule has 1 aromatic rings. The van der Waals surface area contributed by atoms with Crippen molar-refractivity contribution in [2.24, 2.45) is 5.92 Å². The molecule has 2 atom stereocenters. The van der Waals surface area contributed by atoms with Gasteiger partial charge >= 0.3 is 0 Å². The fraction of sp³-hybridized carbons (Fsp3) is 0.462. The number of aromatic hydroxyl groups is 1. The Morgan fingerprint density at radius 3 is 2.65 bits per heavy atom. The first-order chi connectivity index (χ1) is 8.11. The number of phenolic OH excluding ortho intramolecular Hbond substituents is 1. The van der Waals surface area contributed by atoms with Crippen LogP contribution in [0, 0.1) is 5.92 Å². The second-order valence-electron chi connectivity index (χ2n) is 4.54. The van der Waals surface area contributed by atoms with Crippen LogP contribution in [0.2, 0.25) is 0 Å². The van der Waals surface area contributed by atoms with E-state index in [1.54, 1.807) is 12.1 Å². The zero-order valence-corrected chi connectivity index (χ0v) is 10.5. The molecule has 2 unspecified atom stereocenters. The number of phenols is 1. The average molecular weight is 254 g/mol. The van der Waals surface area contributed by atoms with Crippen molar-refractivity contribution >= 4 is 17.5 Å². The molecule has 0 aliphatic carbocycles. The maximum atomic E-state index is 11.8. The molecule has 2 rings (SSSR count). The van der Waals surface area contributed by atoms with Gasteiger partial charge in [-0.05, 0) is 30.5 Å². The molecule has 1 aliphatic rings. The van der Waals surface area contributed by atoms with Crippen LogP contribution in [0.3, 0.4) is 0 Å². The van der Waals surface area contributed by atoms with Gasteiger partial charge in [0, 0.05) is 18.8 Å². The number of nitrogens with zero attached hydrogens (tertiary/aromatic N) is 1. The molecule has 1 amide bonds. The largest absolute Gasteiger partial charge is 0.508 e. The van der Waals surface area contributed by atoms with Crippen LogP contribution < -0.4 is 0 Å². The van der Waals surface area contributed by atoms with E-state index in [0.717, 1.165) is 12.1 Å². The van der Waals surface area contributed by atoms with Gasteiger partial charge in [0.2, 0.25) is 5.91 Å². The number of carbonyl (C=O) groups excluding carboxylic acids is 1. The summed E-state index contributed by atoms with van der Waals surface area (Å²) in [6.45, 7) is 2.73. The molecule has 3 nitrogen and oxygen atoms in total. The number of hydrogen-bond acceptors (Lipinski definition) is 2. The number of likely N-dealkylation sites (tertiary alicyclic amines) is 1. The van der Waals surface area contributed by atoms with E-state index in [1.807, 2.05) is 24.0 Å². The second kappa shape index (κ2) is 4.96. The number of benzene rings is 1. The summed E-state index contributed by atoms with van der Waals surface area (Å²) in [4.78, 5) is 13.7. The molecule has 0 aromatic heterocycles. The third-order valence-corrected chi connectivity index (χ3v) is 3.74. The van der Waals surface area contributed by atoms with Gasteiger partial charge in [-0.1, -0.05) is 12.1 Å². The van der Waals surface area contributed by atoms with E-state index < -0.39 is 0 Å². The van der Waals surface area contributed by atoms with Crippen LogP contribution in [0.25, 0.3) is 0 Å². The molecule has 1 aliphatic heterocycles. The lowest BCUT2D eigenvalue weighted by Gasteiger charge is -2.25. The van der Waals surface area contributed by atoms with Gasteiger partial charge in [0.25, 0.3) is 0 Å². The van der Waals surface area contributed by atoms with Crippen LogP contribution in [0.5, 0.6) is 5.75 Å². The highest BCUT2D eigenvalue weighted by Crippen LogP contribution is 2.29. The molecule has 17 heavy (non-hydrogen) atoms. The van der Waals surface area contributed by atoms with Gasteiger partial charge in [-0.2, -0.15) is 0 Å². The lowest BCUT2D eigenvalue weighted by Crippen LogP contribution is -2.28. The zero-order chi connectivity index (χ0) is 12.4. The number of carbonyl (C=O) groups is 1. The Labute approximate surface area is 106 Å². The quantitative estimate of drug-likeness (QED) is 0.841. The maximum Gasteiger partial charge on any atom is 0.223 e. The summed E-state index contributed by atoms with van der Waals surface area (Å²) in [5.74, 6) is 1.21. The molecule has 1 N–H and O–H groups in total. The third-order valence-electron chi connectivity index (χ3n) is 3.30. The van der Waals surface area contributed by atoms with Gasteiger partial charge in [0.1, 0.15) is 5.75 Å². The van der Waals surface area contributed by atoms with E-state index in [0.29, 0.717) is 12.3 Å². The number of amides is 1. The van der Waals surface area contributed by atoms with E-state index >= 15 is 0 Å². The Hall–Kier alpha value is -1.22. The Kier molecular flexibility index (Phi) is 3.57. The molecule has 0 bridgehead atoms. The molecule has 1 aromatic carbocycles. The zero-order valence-electron chi connectivity index (χ0n) is 9.77. The Balaban J connectivity index is 2.12. The minimum Gasteiger partial charge on any atom is -0.508 e. The van der Waals surface area contributed by atoms with Crippen molar-refractivity contribution in [3.8, 4) is 5.75 Å². The lowest BCUT2D eigenvalue weighted by molar-refractivity contribution is -0.129. The average Bonchev–Trinajstić information content (AvgIpc) is 2.71. The lowest BCUT2D eigenvalue weighted by atomic mass is 10.1. The highest BCUT2D eigenvalue weighted by Gasteiger charge is 2.32. The first-order valence-electron chi connectivity index (χ1n) is 5.76. The van der Waals surface area contributed by atoms with Crippen molar-refractivity contribution in [3.05, 3.63) is 29.8 Å². The normalized spacial score (nSPS) is 21.9. The van der Waals surface area contributed by atoms with Crippen molar-refractivity contribution in [2.45, 2.75) is 19.4 Å². The minimum absolute atomic E-state index is 0.0383. The monoisotopic (exact) mass is 253 g/mol. The topological polar surface area (TPSA) is 40.5 Å². The fourth-order valence-corrected chi connectivity index (χ4v) is 2.43. The smallest absolute Gasteiger partial charge is 0.223 e.